The molecule has 3 aromatic carbocycles. The Kier molecular flexibility index (Phi) is 5.86. The summed E-state index contributed by atoms with van der Waals surface area (Å²) in [6.07, 6.45) is 3.14. The summed E-state index contributed by atoms with van der Waals surface area (Å²) in [5.41, 5.74) is 6.93. The maximum atomic E-state index is 13.2. The third-order valence-electron chi connectivity index (χ3n) is 5.29. The molecule has 1 aliphatic carbocycles. The maximum Gasteiger partial charge on any atom is 0.127 e. The van der Waals surface area contributed by atoms with E-state index in [1.807, 2.05) is 25.2 Å². The molecule has 2 nitrogen and oxygen atoms in total. The highest BCUT2D eigenvalue weighted by Gasteiger charge is 2.21. The van der Waals surface area contributed by atoms with Gasteiger partial charge in [-0.3, -0.25) is 0 Å². The van der Waals surface area contributed by atoms with E-state index in [0.29, 0.717) is 11.6 Å². The number of ether oxygens (including phenoxy) is 1. The van der Waals surface area contributed by atoms with Gasteiger partial charge in [0.05, 0.1) is 0 Å². The maximum absolute atomic E-state index is 13.2. The highest BCUT2D eigenvalue weighted by Crippen LogP contribution is 2.44. The zero-order chi connectivity index (χ0) is 20.2. The minimum absolute atomic E-state index is 0.245. The Bertz CT molecular complexity index is 1040. The second kappa shape index (κ2) is 8.71. The molecular weight excluding hydrogens is 385 g/mol. The largest absolute Gasteiger partial charge is 0.488 e. The van der Waals surface area contributed by atoms with Gasteiger partial charge in [0, 0.05) is 23.3 Å². The van der Waals surface area contributed by atoms with Crippen molar-refractivity contribution in [3.05, 3.63) is 94.3 Å². The molecule has 0 unspecified atom stereocenters. The van der Waals surface area contributed by atoms with Gasteiger partial charge in [0.2, 0.25) is 0 Å². The summed E-state index contributed by atoms with van der Waals surface area (Å²) < 4.78 is 19.3. The number of halogens is 2. The first-order valence-corrected chi connectivity index (χ1v) is 10.2. The Labute approximate surface area is 176 Å². The molecule has 3 aromatic rings. The molecule has 4 rings (SSSR count). The lowest BCUT2D eigenvalue weighted by Crippen LogP contribution is -1.99. The fourth-order valence-electron chi connectivity index (χ4n) is 3.83. The lowest BCUT2D eigenvalue weighted by Gasteiger charge is -2.15. The molecule has 148 valence electrons. The van der Waals surface area contributed by atoms with Gasteiger partial charge in [-0.25, -0.2) is 4.39 Å². The molecule has 0 heterocycles. The van der Waals surface area contributed by atoms with Gasteiger partial charge in [0.25, 0.3) is 0 Å². The minimum Gasteiger partial charge on any atom is -0.488 e. The van der Waals surface area contributed by atoms with Gasteiger partial charge in [-0.05, 0) is 84.0 Å². The zero-order valence-corrected chi connectivity index (χ0v) is 17.1. The number of hydrogen-bond donors (Lipinski definition) is 1. The number of nitrogens with one attached hydrogen (secondary N) is 1. The van der Waals surface area contributed by atoms with Crippen LogP contribution in [0.25, 0.3) is 11.1 Å². The Morgan fingerprint density at radius 2 is 1.76 bits per heavy atom. The van der Waals surface area contributed by atoms with Gasteiger partial charge >= 0.3 is 0 Å². The van der Waals surface area contributed by atoms with E-state index in [1.54, 1.807) is 12.1 Å². The average Bonchev–Trinajstić information content (AvgIpc) is 3.24. The smallest absolute Gasteiger partial charge is 0.127 e. The lowest BCUT2D eigenvalue weighted by atomic mass is 9.96. The lowest BCUT2D eigenvalue weighted by molar-refractivity contribution is 0.305. The van der Waals surface area contributed by atoms with E-state index in [4.69, 9.17) is 16.3 Å². The SMILES string of the molecule is CNc1cccc(C2=C(c3cc(Cl)ccc3OCc3ccc(F)cc3)CCC2)c1. The normalized spacial score (nSPS) is 13.6. The quantitative estimate of drug-likeness (QED) is 0.466. The molecule has 0 saturated heterocycles. The van der Waals surface area contributed by atoms with Gasteiger partial charge in [0.15, 0.2) is 0 Å². The van der Waals surface area contributed by atoms with Crippen molar-refractivity contribution in [2.45, 2.75) is 25.9 Å². The number of rotatable bonds is 6. The van der Waals surface area contributed by atoms with Gasteiger partial charge in [-0.1, -0.05) is 35.9 Å². The Hall–Kier alpha value is -2.78. The van der Waals surface area contributed by atoms with Crippen molar-refractivity contribution >= 4 is 28.4 Å². The van der Waals surface area contributed by atoms with Crippen LogP contribution in [-0.4, -0.2) is 7.05 Å². The van der Waals surface area contributed by atoms with Crippen LogP contribution in [0.1, 0.15) is 36.0 Å². The Morgan fingerprint density at radius 1 is 0.966 bits per heavy atom. The summed E-state index contributed by atoms with van der Waals surface area (Å²) in [7, 11) is 1.93. The van der Waals surface area contributed by atoms with Crippen molar-refractivity contribution in [2.75, 3.05) is 12.4 Å². The topological polar surface area (TPSA) is 21.3 Å². The van der Waals surface area contributed by atoms with Crippen molar-refractivity contribution in [3.63, 3.8) is 0 Å². The molecule has 0 bridgehead atoms. The molecule has 1 N–H and O–H groups in total. The van der Waals surface area contributed by atoms with Crippen LogP contribution >= 0.6 is 11.6 Å². The molecule has 0 radical (unpaired) electrons. The molecule has 0 fully saturated rings. The van der Waals surface area contributed by atoms with Gasteiger partial charge < -0.3 is 10.1 Å². The third-order valence-corrected chi connectivity index (χ3v) is 5.53. The van der Waals surface area contributed by atoms with Crippen LogP contribution in [0.5, 0.6) is 5.75 Å². The highest BCUT2D eigenvalue weighted by molar-refractivity contribution is 6.30. The van der Waals surface area contributed by atoms with Gasteiger partial charge in [0.1, 0.15) is 18.2 Å². The van der Waals surface area contributed by atoms with Crippen molar-refractivity contribution in [2.24, 2.45) is 0 Å². The van der Waals surface area contributed by atoms with Gasteiger partial charge in [-0.2, -0.15) is 0 Å². The predicted octanol–water partition coefficient (Wildman–Crippen LogP) is 7.19. The van der Waals surface area contributed by atoms with E-state index in [-0.39, 0.29) is 5.82 Å². The molecule has 0 aromatic heterocycles. The van der Waals surface area contributed by atoms with Crippen LogP contribution in [0.15, 0.2) is 66.7 Å². The molecule has 4 heteroatoms. The molecule has 0 atom stereocenters. The molecule has 0 spiro atoms. The molecule has 29 heavy (non-hydrogen) atoms. The van der Waals surface area contributed by atoms with Crippen molar-refractivity contribution in [3.8, 4) is 5.75 Å². The number of benzene rings is 3. The van der Waals surface area contributed by atoms with Crippen LogP contribution in [0.4, 0.5) is 10.1 Å². The third kappa shape index (κ3) is 4.46. The first-order chi connectivity index (χ1) is 14.1. The van der Waals surface area contributed by atoms with Crippen LogP contribution in [-0.2, 0) is 6.61 Å². The fourth-order valence-corrected chi connectivity index (χ4v) is 4.00. The molecular formula is C25H23ClFNO. The number of allylic oxidation sites excluding steroid dienone is 2. The van der Waals surface area contributed by atoms with E-state index in [1.165, 1.54) is 28.8 Å². The summed E-state index contributed by atoms with van der Waals surface area (Å²) in [4.78, 5) is 0. The Balaban J connectivity index is 1.69. The van der Waals surface area contributed by atoms with E-state index in [0.717, 1.165) is 41.8 Å². The second-order valence-electron chi connectivity index (χ2n) is 7.20. The van der Waals surface area contributed by atoms with Crippen LogP contribution in [0.2, 0.25) is 5.02 Å². The minimum atomic E-state index is -0.245. The zero-order valence-electron chi connectivity index (χ0n) is 16.3. The van der Waals surface area contributed by atoms with Crippen molar-refractivity contribution in [1.29, 1.82) is 0 Å². The average molecular weight is 408 g/mol. The Morgan fingerprint density at radius 3 is 2.55 bits per heavy atom. The van der Waals surface area contributed by atoms with Crippen LogP contribution < -0.4 is 10.1 Å². The van der Waals surface area contributed by atoms with E-state index >= 15 is 0 Å². The van der Waals surface area contributed by atoms with E-state index in [9.17, 15) is 4.39 Å². The van der Waals surface area contributed by atoms with E-state index in [2.05, 4.69) is 29.6 Å². The first kappa shape index (κ1) is 19.5. The van der Waals surface area contributed by atoms with Crippen LogP contribution in [0, 0.1) is 5.82 Å². The summed E-state index contributed by atoms with van der Waals surface area (Å²) in [6.45, 7) is 0.382. The van der Waals surface area contributed by atoms with Crippen molar-refractivity contribution in [1.82, 2.24) is 0 Å². The monoisotopic (exact) mass is 407 g/mol. The second-order valence-corrected chi connectivity index (χ2v) is 7.63. The summed E-state index contributed by atoms with van der Waals surface area (Å²) in [5, 5.41) is 3.90. The number of hydrogen-bond acceptors (Lipinski definition) is 2. The predicted molar refractivity (Wildman–Crippen MR) is 119 cm³/mol. The molecule has 0 aliphatic heterocycles. The van der Waals surface area contributed by atoms with E-state index < -0.39 is 0 Å². The molecule has 0 saturated carbocycles. The first-order valence-electron chi connectivity index (χ1n) is 9.81. The van der Waals surface area contributed by atoms with Crippen molar-refractivity contribution < 1.29 is 9.13 Å². The standard InChI is InChI=1S/C25H23ClFNO/c1-28-21-5-2-4-18(14-21)22-6-3-7-23(22)24-15-19(26)10-13-25(24)29-16-17-8-11-20(27)12-9-17/h2,4-5,8-15,28H,3,6-7,16H2,1H3. The molecule has 0 amide bonds. The highest BCUT2D eigenvalue weighted by atomic mass is 35.5. The molecule has 1 aliphatic rings. The summed E-state index contributed by atoms with van der Waals surface area (Å²) in [5.74, 6) is 0.559. The summed E-state index contributed by atoms with van der Waals surface area (Å²) in [6, 6.07) is 20.6. The van der Waals surface area contributed by atoms with Crippen LogP contribution in [0.3, 0.4) is 0 Å². The van der Waals surface area contributed by atoms with Gasteiger partial charge in [-0.15, -0.1) is 0 Å². The summed E-state index contributed by atoms with van der Waals surface area (Å²) >= 11 is 6.34. The number of anilines is 1. The fraction of sp³-hybridized carbons (Fsp3) is 0.200.